The van der Waals surface area contributed by atoms with E-state index in [2.05, 4.69) is 36.4 Å². The van der Waals surface area contributed by atoms with E-state index in [9.17, 15) is 15.0 Å². The lowest BCUT2D eigenvalue weighted by molar-refractivity contribution is -0.0714. The summed E-state index contributed by atoms with van der Waals surface area (Å²) in [7, 11) is 1.62. The maximum absolute atomic E-state index is 12.8. The Balaban J connectivity index is 1.44. The largest absolute Gasteiger partial charge is 0.497 e. The molecule has 5 aromatic carbocycles. The summed E-state index contributed by atoms with van der Waals surface area (Å²) in [6.07, 6.45) is -1.64. The molecule has 0 saturated carbocycles. The molecule has 1 unspecified atom stereocenters. The van der Waals surface area contributed by atoms with Gasteiger partial charge >= 0.3 is 6.09 Å². The molecule has 0 spiro atoms. The van der Waals surface area contributed by atoms with Crippen molar-refractivity contribution in [2.75, 3.05) is 20.3 Å². The number of hydrogen-bond acceptors (Lipinski definition) is 4. The summed E-state index contributed by atoms with van der Waals surface area (Å²) < 4.78 is 12.6. The van der Waals surface area contributed by atoms with Crippen molar-refractivity contribution < 1.29 is 24.5 Å². The van der Waals surface area contributed by atoms with Gasteiger partial charge in [-0.3, -0.25) is 0 Å². The van der Waals surface area contributed by atoms with E-state index in [-0.39, 0.29) is 19.1 Å². The minimum Gasteiger partial charge on any atom is -0.497 e. The zero-order chi connectivity index (χ0) is 31.9. The van der Waals surface area contributed by atoms with Gasteiger partial charge in [-0.25, -0.2) is 4.79 Å². The number of ether oxygens (including phenoxy) is 2. The number of carboxylic acid groups (broad SMARTS) is 1. The zero-order valence-electron chi connectivity index (χ0n) is 25.9. The number of aliphatic hydroxyl groups is 1. The van der Waals surface area contributed by atoms with Crippen LogP contribution in [0.25, 0.3) is 0 Å². The highest BCUT2D eigenvalue weighted by Gasteiger charge is 2.47. The normalized spacial score (nSPS) is 19.8. The first-order valence-electron chi connectivity index (χ1n) is 15.7. The Labute approximate surface area is 270 Å². The molecule has 6 rings (SSSR count). The van der Waals surface area contributed by atoms with Gasteiger partial charge in [0.25, 0.3) is 0 Å². The Morgan fingerprint density at radius 3 is 1.67 bits per heavy atom. The summed E-state index contributed by atoms with van der Waals surface area (Å²) in [5, 5.41) is 22.6. The number of likely N-dealkylation sites (tertiary alicyclic amines) is 1. The van der Waals surface area contributed by atoms with Crippen molar-refractivity contribution in [3.63, 3.8) is 0 Å². The van der Waals surface area contributed by atoms with Crippen molar-refractivity contribution in [1.29, 1.82) is 0 Å². The standard InChI is InChI=1S/C40H39NO5/c1-45-35-24-22-30(23-25-35)37-31(27-41(39(43)44)36(38(37)42)26-29-14-6-2-7-15-29)28-46-40(32-16-8-3-9-17-32,33-18-10-4-11-19-33)34-20-12-5-13-21-34/h2-25,31,36-38,42H,26-28H2,1H3,(H,43,44)/t31-,36?,37-,38-/m0/s1. The van der Waals surface area contributed by atoms with Crippen LogP contribution < -0.4 is 4.74 Å². The summed E-state index contributed by atoms with van der Waals surface area (Å²) in [4.78, 5) is 14.2. The van der Waals surface area contributed by atoms with E-state index in [4.69, 9.17) is 9.47 Å². The van der Waals surface area contributed by atoms with Gasteiger partial charge < -0.3 is 24.6 Å². The maximum Gasteiger partial charge on any atom is 0.407 e. The minimum atomic E-state index is -1.06. The highest BCUT2D eigenvalue weighted by Crippen LogP contribution is 2.44. The monoisotopic (exact) mass is 613 g/mol. The molecule has 2 N–H and O–H groups in total. The molecule has 5 aromatic rings. The Hall–Kier alpha value is -4.91. The Morgan fingerprint density at radius 1 is 0.739 bits per heavy atom. The molecule has 4 atom stereocenters. The van der Waals surface area contributed by atoms with Gasteiger partial charge in [-0.1, -0.05) is 133 Å². The molecule has 0 bridgehead atoms. The Bertz CT molecular complexity index is 1580. The maximum atomic E-state index is 12.8. The second-order valence-corrected chi connectivity index (χ2v) is 11.8. The van der Waals surface area contributed by atoms with Crippen molar-refractivity contribution in [3.05, 3.63) is 173 Å². The van der Waals surface area contributed by atoms with Crippen LogP contribution in [0.2, 0.25) is 0 Å². The molecule has 234 valence electrons. The summed E-state index contributed by atoms with van der Waals surface area (Å²) >= 11 is 0. The van der Waals surface area contributed by atoms with Crippen LogP contribution >= 0.6 is 0 Å². The topological polar surface area (TPSA) is 79.2 Å². The van der Waals surface area contributed by atoms with E-state index >= 15 is 0 Å². The van der Waals surface area contributed by atoms with Gasteiger partial charge in [-0.2, -0.15) is 0 Å². The Kier molecular flexibility index (Phi) is 9.48. The fraction of sp³-hybridized carbons (Fsp3) is 0.225. The van der Waals surface area contributed by atoms with Crippen LogP contribution in [0.4, 0.5) is 4.79 Å². The number of methoxy groups -OCH3 is 1. The van der Waals surface area contributed by atoms with Crippen molar-refractivity contribution in [2.24, 2.45) is 5.92 Å². The number of piperidine rings is 1. The Morgan fingerprint density at radius 2 is 1.22 bits per heavy atom. The first-order chi connectivity index (χ1) is 22.5. The molecule has 0 aromatic heterocycles. The molecule has 6 nitrogen and oxygen atoms in total. The lowest BCUT2D eigenvalue weighted by Crippen LogP contribution is -2.59. The molecular weight excluding hydrogens is 574 g/mol. The molecule has 1 fully saturated rings. The highest BCUT2D eigenvalue weighted by molar-refractivity contribution is 5.66. The van der Waals surface area contributed by atoms with Crippen LogP contribution in [-0.2, 0) is 16.8 Å². The fourth-order valence-electron chi connectivity index (χ4n) is 6.96. The summed E-state index contributed by atoms with van der Waals surface area (Å²) in [5.41, 5.74) is 3.78. The molecule has 1 heterocycles. The van der Waals surface area contributed by atoms with Gasteiger partial charge in [0.05, 0.1) is 25.9 Å². The lowest BCUT2D eigenvalue weighted by Gasteiger charge is -2.47. The van der Waals surface area contributed by atoms with Gasteiger partial charge in [0.2, 0.25) is 0 Å². The minimum absolute atomic E-state index is 0.189. The number of hydrogen-bond donors (Lipinski definition) is 2. The molecule has 1 amide bonds. The van der Waals surface area contributed by atoms with Crippen molar-refractivity contribution in [2.45, 2.75) is 30.1 Å². The predicted molar refractivity (Wildman–Crippen MR) is 179 cm³/mol. The van der Waals surface area contributed by atoms with E-state index in [1.54, 1.807) is 7.11 Å². The summed E-state index contributed by atoms with van der Waals surface area (Å²) in [6, 6.07) is 47.2. The van der Waals surface area contributed by atoms with Crippen LogP contribution in [0.3, 0.4) is 0 Å². The molecule has 6 heteroatoms. The number of benzene rings is 5. The lowest BCUT2D eigenvalue weighted by atomic mass is 9.74. The zero-order valence-corrected chi connectivity index (χ0v) is 25.9. The van der Waals surface area contributed by atoms with Crippen molar-refractivity contribution in [3.8, 4) is 5.75 Å². The molecule has 1 aliphatic rings. The van der Waals surface area contributed by atoms with Crippen LogP contribution in [0.5, 0.6) is 5.75 Å². The van der Waals surface area contributed by atoms with E-state index in [0.29, 0.717) is 12.2 Å². The average Bonchev–Trinajstić information content (AvgIpc) is 3.11. The van der Waals surface area contributed by atoms with Crippen molar-refractivity contribution >= 4 is 6.09 Å². The molecule has 1 saturated heterocycles. The van der Waals surface area contributed by atoms with Gasteiger partial charge in [0, 0.05) is 18.4 Å². The molecule has 0 aliphatic carbocycles. The van der Waals surface area contributed by atoms with Crippen LogP contribution in [0, 0.1) is 5.92 Å². The first-order valence-corrected chi connectivity index (χ1v) is 15.7. The average molecular weight is 614 g/mol. The van der Waals surface area contributed by atoms with E-state index in [1.807, 2.05) is 109 Å². The highest BCUT2D eigenvalue weighted by atomic mass is 16.5. The summed E-state index contributed by atoms with van der Waals surface area (Å²) in [5.74, 6) is -0.0386. The first kappa shape index (κ1) is 31.1. The smallest absolute Gasteiger partial charge is 0.407 e. The number of aliphatic hydroxyl groups excluding tert-OH is 1. The predicted octanol–water partition coefficient (Wildman–Crippen LogP) is 7.37. The fourth-order valence-corrected chi connectivity index (χ4v) is 6.96. The van der Waals surface area contributed by atoms with Gasteiger partial charge in [-0.15, -0.1) is 0 Å². The summed E-state index contributed by atoms with van der Waals surface area (Å²) in [6.45, 7) is 0.392. The second kappa shape index (κ2) is 14.0. The van der Waals surface area contributed by atoms with Gasteiger partial charge in [-0.05, 0) is 46.4 Å². The van der Waals surface area contributed by atoms with E-state index < -0.39 is 29.8 Å². The molecule has 46 heavy (non-hydrogen) atoms. The number of carbonyl (C=O) groups is 1. The second-order valence-electron chi connectivity index (χ2n) is 11.8. The van der Waals surface area contributed by atoms with Crippen LogP contribution in [-0.4, -0.2) is 53.6 Å². The van der Waals surface area contributed by atoms with Crippen LogP contribution in [0.15, 0.2) is 146 Å². The number of amides is 1. The third-order valence-corrected chi connectivity index (χ3v) is 9.19. The van der Waals surface area contributed by atoms with Crippen LogP contribution in [0.1, 0.15) is 33.7 Å². The molecule has 0 radical (unpaired) electrons. The number of nitrogens with zero attached hydrogens (tertiary/aromatic N) is 1. The van der Waals surface area contributed by atoms with Crippen molar-refractivity contribution in [1.82, 2.24) is 4.90 Å². The van der Waals surface area contributed by atoms with E-state index in [1.165, 1.54) is 4.90 Å². The van der Waals surface area contributed by atoms with Gasteiger partial charge in [0.1, 0.15) is 11.4 Å². The quantitative estimate of drug-likeness (QED) is 0.161. The molecule has 1 aliphatic heterocycles. The molecular formula is C40H39NO5. The SMILES string of the molecule is COc1ccc([C@H]2[C@H](COC(c3ccccc3)(c3ccccc3)c3ccccc3)CN(C(=O)O)C(Cc3ccccc3)[C@@H]2O)cc1. The number of rotatable bonds is 10. The van der Waals surface area contributed by atoms with E-state index in [0.717, 1.165) is 27.8 Å². The van der Waals surface area contributed by atoms with Gasteiger partial charge in [0.15, 0.2) is 0 Å². The third-order valence-electron chi connectivity index (χ3n) is 9.19. The third kappa shape index (κ3) is 6.27.